The largest absolute Gasteiger partial charge is 0.477 e. The second-order valence-electron chi connectivity index (χ2n) is 8.28. The van der Waals surface area contributed by atoms with Gasteiger partial charge >= 0.3 is 5.97 Å². The van der Waals surface area contributed by atoms with Gasteiger partial charge in [-0.15, -0.1) is 0 Å². The van der Waals surface area contributed by atoms with Gasteiger partial charge in [0.25, 0.3) is 0 Å². The van der Waals surface area contributed by atoms with E-state index < -0.39 is 46.2 Å². The molecule has 32 heavy (non-hydrogen) atoms. The minimum Gasteiger partial charge on any atom is -0.477 e. The molecule has 2 aromatic rings. The van der Waals surface area contributed by atoms with Crippen LogP contribution in [0.2, 0.25) is 0 Å². The average Bonchev–Trinajstić information content (AvgIpc) is 2.74. The molecule has 0 atom stereocenters. The van der Waals surface area contributed by atoms with Crippen LogP contribution in [0.3, 0.4) is 0 Å². The van der Waals surface area contributed by atoms with Crippen LogP contribution in [0, 0.1) is 35.0 Å². The number of halogens is 5. The molecule has 1 aliphatic rings. The first-order valence-corrected chi connectivity index (χ1v) is 10.8. The molecule has 0 aromatic heterocycles. The average molecular weight is 452 g/mol. The summed E-state index contributed by atoms with van der Waals surface area (Å²) in [6, 6.07) is 2.15. The van der Waals surface area contributed by atoms with E-state index in [1.54, 1.807) is 0 Å². The van der Waals surface area contributed by atoms with E-state index in [0.29, 0.717) is 30.9 Å². The van der Waals surface area contributed by atoms with E-state index >= 15 is 4.39 Å². The third-order valence-electron chi connectivity index (χ3n) is 6.11. The Kier molecular flexibility index (Phi) is 7.69. The maximum absolute atomic E-state index is 15.2. The lowest BCUT2D eigenvalue weighted by molar-refractivity contribution is 0.0686. The second kappa shape index (κ2) is 10.3. The number of benzene rings is 2. The maximum atomic E-state index is 15.2. The smallest absolute Gasteiger partial charge is 0.341 e. The van der Waals surface area contributed by atoms with Gasteiger partial charge in [0, 0.05) is 5.56 Å². The van der Waals surface area contributed by atoms with Gasteiger partial charge in [-0.25, -0.2) is 26.7 Å². The van der Waals surface area contributed by atoms with Crippen LogP contribution in [0.5, 0.6) is 0 Å². The molecule has 0 heterocycles. The number of rotatable bonds is 7. The molecule has 7 heteroatoms. The van der Waals surface area contributed by atoms with Crippen molar-refractivity contribution in [3.63, 3.8) is 0 Å². The first-order chi connectivity index (χ1) is 15.2. The normalized spacial score (nSPS) is 18.9. The fraction of sp³-hybridized carbons (Fsp3) is 0.400. The Bertz CT molecular complexity index is 1000. The highest BCUT2D eigenvalue weighted by molar-refractivity contribution is 5.91. The summed E-state index contributed by atoms with van der Waals surface area (Å²) in [7, 11) is 0. The fourth-order valence-electron chi connectivity index (χ4n) is 4.43. The monoisotopic (exact) mass is 452 g/mol. The van der Waals surface area contributed by atoms with Crippen LogP contribution in [0.25, 0.3) is 11.1 Å². The molecule has 0 saturated heterocycles. The molecule has 0 bridgehead atoms. The summed E-state index contributed by atoms with van der Waals surface area (Å²) in [6.45, 7) is 2.10. The number of allylic oxidation sites excluding steroid dienone is 2. The first-order valence-electron chi connectivity index (χ1n) is 10.8. The zero-order chi connectivity index (χ0) is 23.4. The van der Waals surface area contributed by atoms with E-state index in [-0.39, 0.29) is 17.0 Å². The van der Waals surface area contributed by atoms with Crippen molar-refractivity contribution in [1.29, 1.82) is 0 Å². The zero-order valence-electron chi connectivity index (χ0n) is 17.7. The van der Waals surface area contributed by atoms with Gasteiger partial charge < -0.3 is 5.11 Å². The minimum atomic E-state index is -1.83. The summed E-state index contributed by atoms with van der Waals surface area (Å²) >= 11 is 0. The maximum Gasteiger partial charge on any atom is 0.341 e. The highest BCUT2D eigenvalue weighted by atomic mass is 19.2. The van der Waals surface area contributed by atoms with Crippen molar-refractivity contribution in [2.24, 2.45) is 5.92 Å². The van der Waals surface area contributed by atoms with E-state index in [4.69, 9.17) is 0 Å². The predicted octanol–water partition coefficient (Wildman–Crippen LogP) is 7.77. The lowest BCUT2D eigenvalue weighted by Crippen LogP contribution is -2.16. The lowest BCUT2D eigenvalue weighted by atomic mass is 9.75. The highest BCUT2D eigenvalue weighted by Gasteiger charge is 2.30. The molecular weight excluding hydrogens is 427 g/mol. The Labute approximate surface area is 183 Å². The molecule has 0 radical (unpaired) electrons. The highest BCUT2D eigenvalue weighted by Crippen LogP contribution is 2.43. The van der Waals surface area contributed by atoms with Crippen LogP contribution in [-0.2, 0) is 0 Å². The molecule has 1 N–H and O–H groups in total. The minimum absolute atomic E-state index is 0.149. The van der Waals surface area contributed by atoms with Crippen molar-refractivity contribution < 1.29 is 31.9 Å². The number of unbranched alkanes of at least 4 members (excludes halogenated alkanes) is 1. The van der Waals surface area contributed by atoms with E-state index in [2.05, 4.69) is 19.1 Å². The van der Waals surface area contributed by atoms with Crippen LogP contribution < -0.4 is 0 Å². The number of carbonyl (C=O) groups is 1. The van der Waals surface area contributed by atoms with Crippen LogP contribution >= 0.6 is 0 Å². The van der Waals surface area contributed by atoms with Gasteiger partial charge in [0.15, 0.2) is 17.5 Å². The molecule has 0 amide bonds. The Morgan fingerprint density at radius 2 is 1.56 bits per heavy atom. The van der Waals surface area contributed by atoms with Gasteiger partial charge in [0.2, 0.25) is 0 Å². The number of carboxylic acid groups (broad SMARTS) is 1. The molecule has 0 aliphatic heterocycles. The van der Waals surface area contributed by atoms with Crippen molar-refractivity contribution >= 4 is 5.97 Å². The fourth-order valence-corrected chi connectivity index (χ4v) is 4.43. The molecule has 3 rings (SSSR count). The quantitative estimate of drug-likeness (QED) is 0.265. The third-order valence-corrected chi connectivity index (χ3v) is 6.11. The van der Waals surface area contributed by atoms with Crippen LogP contribution in [0.1, 0.15) is 73.7 Å². The second-order valence-corrected chi connectivity index (χ2v) is 8.28. The Hall–Kier alpha value is -2.70. The Morgan fingerprint density at radius 3 is 2.12 bits per heavy atom. The molecule has 1 saturated carbocycles. The molecule has 0 unspecified atom stereocenters. The summed E-state index contributed by atoms with van der Waals surface area (Å²) in [5, 5.41) is 9.23. The molecule has 2 nitrogen and oxygen atoms in total. The molecule has 0 spiro atoms. The number of carboxylic acids is 1. The Balaban J connectivity index is 1.99. The van der Waals surface area contributed by atoms with Crippen molar-refractivity contribution in [2.75, 3.05) is 0 Å². The molecule has 172 valence electrons. The molecule has 1 fully saturated rings. The summed E-state index contributed by atoms with van der Waals surface area (Å²) in [6.07, 6.45) is 10.1. The summed E-state index contributed by atoms with van der Waals surface area (Å²) in [5.74, 6) is -9.17. The zero-order valence-corrected chi connectivity index (χ0v) is 17.7. The molecular formula is C25H25F5O2. The van der Waals surface area contributed by atoms with Gasteiger partial charge in [-0.1, -0.05) is 25.5 Å². The summed E-state index contributed by atoms with van der Waals surface area (Å²) in [4.78, 5) is 11.4. The lowest BCUT2D eigenvalue weighted by Gasteiger charge is -2.30. The number of aromatic carboxylic acids is 1. The number of hydrogen-bond acceptors (Lipinski definition) is 1. The van der Waals surface area contributed by atoms with Crippen LogP contribution in [-0.4, -0.2) is 11.1 Å². The van der Waals surface area contributed by atoms with E-state index in [9.17, 15) is 27.5 Å². The van der Waals surface area contributed by atoms with Crippen molar-refractivity contribution in [2.45, 2.75) is 57.8 Å². The van der Waals surface area contributed by atoms with Crippen molar-refractivity contribution in [3.05, 3.63) is 70.6 Å². The first kappa shape index (κ1) is 24.0. The van der Waals surface area contributed by atoms with E-state index in [0.717, 1.165) is 38.2 Å². The third kappa shape index (κ3) is 5.03. The van der Waals surface area contributed by atoms with Gasteiger partial charge in [-0.05, 0) is 79.7 Å². The van der Waals surface area contributed by atoms with Crippen LogP contribution in [0.15, 0.2) is 30.4 Å². The summed E-state index contributed by atoms with van der Waals surface area (Å²) < 4.78 is 70.9. The van der Waals surface area contributed by atoms with Gasteiger partial charge in [0.1, 0.15) is 17.2 Å². The SMILES string of the molecule is CCCC=CCC1CCC(c2cc(F)c(C(=O)O)c(F)c2-c2cc(F)c(F)c(F)c2)CC1. The van der Waals surface area contributed by atoms with Gasteiger partial charge in [-0.2, -0.15) is 0 Å². The van der Waals surface area contributed by atoms with E-state index in [1.807, 2.05) is 0 Å². The number of hydrogen-bond donors (Lipinski definition) is 1. The standard InChI is InChI=1S/C25H25F5O2/c1-2-3-4-5-6-14-7-9-15(10-8-14)17-13-18(26)22(25(31)32)24(30)21(17)16-11-19(27)23(29)20(28)12-16/h4-5,11-15H,2-3,6-10H2,1H3,(H,31,32). The topological polar surface area (TPSA) is 37.3 Å². The Morgan fingerprint density at radius 1 is 0.938 bits per heavy atom. The van der Waals surface area contributed by atoms with Gasteiger partial charge in [-0.3, -0.25) is 0 Å². The van der Waals surface area contributed by atoms with Crippen molar-refractivity contribution in [1.82, 2.24) is 0 Å². The molecule has 1 aliphatic carbocycles. The van der Waals surface area contributed by atoms with E-state index in [1.165, 1.54) is 0 Å². The predicted molar refractivity (Wildman–Crippen MR) is 112 cm³/mol. The van der Waals surface area contributed by atoms with Gasteiger partial charge in [0.05, 0.1) is 0 Å². The summed E-state index contributed by atoms with van der Waals surface area (Å²) in [5.41, 5.74) is -1.81. The molecule has 2 aromatic carbocycles. The van der Waals surface area contributed by atoms with Crippen molar-refractivity contribution in [3.8, 4) is 11.1 Å². The van der Waals surface area contributed by atoms with Crippen LogP contribution in [0.4, 0.5) is 22.0 Å².